The van der Waals surface area contributed by atoms with E-state index in [1.807, 2.05) is 54.6 Å². The Hall–Kier alpha value is -8.27. The molecule has 6 heteroatoms. The van der Waals surface area contributed by atoms with Crippen molar-refractivity contribution in [2.75, 3.05) is 0 Å². The Morgan fingerprint density at radius 2 is 0.898 bits per heavy atom. The number of furan rings is 1. The van der Waals surface area contributed by atoms with E-state index in [0.717, 1.165) is 93.8 Å². The normalized spacial score (nSPS) is 11.7. The van der Waals surface area contributed by atoms with Crippen molar-refractivity contribution in [2.24, 2.45) is 0 Å². The predicted molar refractivity (Wildman–Crippen MR) is 239 cm³/mol. The number of hydrogen-bond donors (Lipinski definition) is 0. The summed E-state index contributed by atoms with van der Waals surface area (Å²) >= 11 is 0. The van der Waals surface area contributed by atoms with Crippen molar-refractivity contribution in [1.29, 1.82) is 5.26 Å². The van der Waals surface area contributed by atoms with E-state index in [1.165, 1.54) is 0 Å². The number of para-hydroxylation sites is 5. The Balaban J connectivity index is 1.23. The molecular weight excluding hydrogens is 723 g/mol. The number of fused-ring (bicyclic) bond motifs is 9. The van der Waals surface area contributed by atoms with Crippen molar-refractivity contribution in [3.63, 3.8) is 0 Å². The van der Waals surface area contributed by atoms with Gasteiger partial charge in [0, 0.05) is 43.6 Å². The first-order chi connectivity index (χ1) is 29.2. The van der Waals surface area contributed by atoms with Gasteiger partial charge in [-0.25, -0.2) is 9.97 Å². The Morgan fingerprint density at radius 3 is 1.46 bits per heavy atom. The SMILES string of the molecule is N#Cc1c(-n2c3ccccc3c3ccccc32)cc(-n2c3ccccc3c3ccccc32)c2c1oc1c(-c3cc(-c4ccccc4)nc(-c4ccccc4)n3)cccc12. The van der Waals surface area contributed by atoms with Crippen LogP contribution in [0.25, 0.3) is 111 Å². The summed E-state index contributed by atoms with van der Waals surface area (Å²) in [5.74, 6) is 0.618. The summed E-state index contributed by atoms with van der Waals surface area (Å²) in [6.45, 7) is 0. The van der Waals surface area contributed by atoms with Crippen LogP contribution in [0.2, 0.25) is 0 Å². The minimum Gasteiger partial charge on any atom is -0.454 e. The smallest absolute Gasteiger partial charge is 0.160 e. The van der Waals surface area contributed by atoms with E-state index < -0.39 is 0 Å². The van der Waals surface area contributed by atoms with Gasteiger partial charge in [0.1, 0.15) is 17.2 Å². The number of aromatic nitrogens is 4. The van der Waals surface area contributed by atoms with Gasteiger partial charge < -0.3 is 13.6 Å². The molecule has 0 N–H and O–H groups in total. The van der Waals surface area contributed by atoms with Crippen LogP contribution < -0.4 is 0 Å². The summed E-state index contributed by atoms with van der Waals surface area (Å²) in [6, 6.07) is 67.1. The Morgan fingerprint density at radius 1 is 0.424 bits per heavy atom. The highest BCUT2D eigenvalue weighted by Gasteiger charge is 2.27. The molecule has 0 amide bonds. The highest BCUT2D eigenvalue weighted by Crippen LogP contribution is 2.45. The minimum absolute atomic E-state index is 0.454. The zero-order chi connectivity index (χ0) is 39.0. The lowest BCUT2D eigenvalue weighted by Gasteiger charge is -2.16. The average Bonchev–Trinajstić information content (AvgIpc) is 3.97. The van der Waals surface area contributed by atoms with Crippen LogP contribution in [-0.2, 0) is 0 Å². The van der Waals surface area contributed by atoms with Gasteiger partial charge in [0.25, 0.3) is 0 Å². The van der Waals surface area contributed by atoms with E-state index in [9.17, 15) is 5.26 Å². The Labute approximate surface area is 338 Å². The van der Waals surface area contributed by atoms with E-state index in [4.69, 9.17) is 14.4 Å². The first-order valence-electron chi connectivity index (χ1n) is 19.6. The van der Waals surface area contributed by atoms with Crippen molar-refractivity contribution < 1.29 is 4.42 Å². The van der Waals surface area contributed by atoms with Crippen molar-refractivity contribution in [3.8, 4) is 51.3 Å². The quantitative estimate of drug-likeness (QED) is 0.175. The molecule has 0 aliphatic rings. The van der Waals surface area contributed by atoms with Gasteiger partial charge in [-0.15, -0.1) is 0 Å². The molecule has 0 bridgehead atoms. The summed E-state index contributed by atoms with van der Waals surface area (Å²) in [6.07, 6.45) is 0. The van der Waals surface area contributed by atoms with E-state index in [0.29, 0.717) is 22.6 Å². The molecule has 59 heavy (non-hydrogen) atoms. The lowest BCUT2D eigenvalue weighted by molar-refractivity contribution is 0.668. The molecule has 0 aliphatic heterocycles. The van der Waals surface area contributed by atoms with Gasteiger partial charge in [0.2, 0.25) is 0 Å². The standard InChI is InChI=1S/C53H31N5O/c54-32-41-48(57-44-26-11-7-20-35(44)36-21-8-12-27-45(36)57)31-49(58-46-28-13-9-22-37(46)38-23-10-14-29-47(38)58)50-40-25-15-24-39(51(40)59-52(41)50)43-30-42(33-16-3-1-4-17-33)55-53(56-43)34-18-5-2-6-19-34/h1-31H. The van der Waals surface area contributed by atoms with Crippen LogP contribution in [0.15, 0.2) is 192 Å². The second-order valence-electron chi connectivity index (χ2n) is 14.8. The third-order valence-corrected chi connectivity index (χ3v) is 11.6. The molecular formula is C53H31N5O. The van der Waals surface area contributed by atoms with E-state index in [1.54, 1.807) is 0 Å². The van der Waals surface area contributed by atoms with Gasteiger partial charge in [-0.2, -0.15) is 5.26 Å². The maximum Gasteiger partial charge on any atom is 0.160 e. The first kappa shape index (κ1) is 32.9. The summed E-state index contributed by atoms with van der Waals surface area (Å²) < 4.78 is 11.7. The highest BCUT2D eigenvalue weighted by molar-refractivity contribution is 6.18. The van der Waals surface area contributed by atoms with Gasteiger partial charge in [0.05, 0.1) is 50.2 Å². The number of nitrogens with zero attached hydrogens (tertiary/aromatic N) is 5. The summed E-state index contributed by atoms with van der Waals surface area (Å²) in [5.41, 5.74) is 11.7. The lowest BCUT2D eigenvalue weighted by atomic mass is 10.0. The molecule has 0 atom stereocenters. The van der Waals surface area contributed by atoms with Crippen LogP contribution in [-0.4, -0.2) is 19.1 Å². The highest BCUT2D eigenvalue weighted by atomic mass is 16.3. The fraction of sp³-hybridized carbons (Fsp3) is 0. The monoisotopic (exact) mass is 753 g/mol. The van der Waals surface area contributed by atoms with E-state index in [2.05, 4.69) is 149 Å². The fourth-order valence-electron chi connectivity index (χ4n) is 9.02. The Bertz CT molecular complexity index is 3520. The molecule has 0 unspecified atom stereocenters. The van der Waals surface area contributed by atoms with Crippen LogP contribution in [0.3, 0.4) is 0 Å². The number of nitriles is 1. The molecule has 6 nitrogen and oxygen atoms in total. The van der Waals surface area contributed by atoms with Crippen LogP contribution >= 0.6 is 0 Å². The van der Waals surface area contributed by atoms with Crippen LogP contribution in [0.1, 0.15) is 5.56 Å². The third kappa shape index (κ3) is 4.92. The number of benzene rings is 8. The summed E-state index contributed by atoms with van der Waals surface area (Å²) in [4.78, 5) is 10.3. The predicted octanol–water partition coefficient (Wildman–Crippen LogP) is 13.4. The molecule has 4 heterocycles. The molecule has 12 aromatic rings. The Kier molecular flexibility index (Phi) is 7.19. The number of rotatable bonds is 5. The van der Waals surface area contributed by atoms with Crippen LogP contribution in [0, 0.1) is 11.3 Å². The zero-order valence-electron chi connectivity index (χ0n) is 31.5. The summed E-state index contributed by atoms with van der Waals surface area (Å²) in [7, 11) is 0. The molecule has 8 aromatic carbocycles. The second kappa shape index (κ2) is 12.9. The van der Waals surface area contributed by atoms with Gasteiger partial charge >= 0.3 is 0 Å². The molecule has 0 spiro atoms. The lowest BCUT2D eigenvalue weighted by Crippen LogP contribution is -2.02. The minimum atomic E-state index is 0.454. The van der Waals surface area contributed by atoms with E-state index >= 15 is 0 Å². The first-order valence-corrected chi connectivity index (χ1v) is 19.6. The molecule has 0 aliphatic carbocycles. The summed E-state index contributed by atoms with van der Waals surface area (Å²) in [5, 5.41) is 17.6. The van der Waals surface area contributed by atoms with Gasteiger partial charge in [-0.3, -0.25) is 0 Å². The maximum atomic E-state index is 11.3. The molecule has 0 saturated carbocycles. The molecule has 4 aromatic heterocycles. The molecule has 0 saturated heterocycles. The van der Waals surface area contributed by atoms with Gasteiger partial charge in [-0.05, 0) is 42.5 Å². The van der Waals surface area contributed by atoms with Crippen molar-refractivity contribution in [3.05, 3.63) is 194 Å². The van der Waals surface area contributed by atoms with Crippen LogP contribution in [0.5, 0.6) is 0 Å². The largest absolute Gasteiger partial charge is 0.454 e. The van der Waals surface area contributed by atoms with Gasteiger partial charge in [0.15, 0.2) is 11.4 Å². The fourth-order valence-corrected chi connectivity index (χ4v) is 9.02. The third-order valence-electron chi connectivity index (χ3n) is 11.6. The molecule has 274 valence electrons. The van der Waals surface area contributed by atoms with Crippen LogP contribution in [0.4, 0.5) is 0 Å². The maximum absolute atomic E-state index is 11.3. The zero-order valence-corrected chi connectivity index (χ0v) is 31.5. The molecule has 0 fully saturated rings. The molecule has 0 radical (unpaired) electrons. The van der Waals surface area contributed by atoms with Gasteiger partial charge in [-0.1, -0.05) is 146 Å². The molecule has 12 rings (SSSR count). The average molecular weight is 754 g/mol. The topological polar surface area (TPSA) is 72.6 Å². The van der Waals surface area contributed by atoms with Crippen molar-refractivity contribution in [1.82, 2.24) is 19.1 Å². The van der Waals surface area contributed by atoms with Crippen molar-refractivity contribution >= 4 is 65.6 Å². The number of hydrogen-bond acceptors (Lipinski definition) is 4. The van der Waals surface area contributed by atoms with Crippen molar-refractivity contribution in [2.45, 2.75) is 0 Å². The van der Waals surface area contributed by atoms with E-state index in [-0.39, 0.29) is 0 Å². The second-order valence-corrected chi connectivity index (χ2v) is 14.8.